The number of nitrogens with one attached hydrogen (secondary N) is 1. The molecule has 0 spiro atoms. The Morgan fingerprint density at radius 3 is 2.68 bits per heavy atom. The molecule has 0 aliphatic rings. The van der Waals surface area contributed by atoms with Crippen LogP contribution in [0.15, 0.2) is 18.2 Å². The van der Waals surface area contributed by atoms with E-state index >= 15 is 0 Å². The van der Waals surface area contributed by atoms with Crippen molar-refractivity contribution in [1.82, 2.24) is 0 Å². The van der Waals surface area contributed by atoms with Gasteiger partial charge in [-0.05, 0) is 38.5 Å². The molecule has 5 nitrogen and oxygen atoms in total. The van der Waals surface area contributed by atoms with Gasteiger partial charge in [0.2, 0.25) is 0 Å². The first-order chi connectivity index (χ1) is 10.5. The van der Waals surface area contributed by atoms with Crippen LogP contribution in [0, 0.1) is 11.3 Å². The van der Waals surface area contributed by atoms with Gasteiger partial charge in [-0.2, -0.15) is 5.26 Å². The fraction of sp³-hybridized carbons (Fsp3) is 0.529. The van der Waals surface area contributed by atoms with Crippen molar-refractivity contribution in [3.05, 3.63) is 23.8 Å². The molecule has 22 heavy (non-hydrogen) atoms. The Labute approximate surface area is 132 Å². The molecule has 5 heteroatoms. The highest BCUT2D eigenvalue weighted by atomic mass is 16.5. The lowest BCUT2D eigenvalue weighted by molar-refractivity contribution is -0.136. The second-order valence-corrected chi connectivity index (χ2v) is 5.24. The Morgan fingerprint density at radius 1 is 1.41 bits per heavy atom. The highest BCUT2D eigenvalue weighted by Gasteiger charge is 2.32. The Bertz CT molecular complexity index is 551. The molecule has 120 valence electrons. The van der Waals surface area contributed by atoms with Crippen molar-refractivity contribution < 1.29 is 14.3 Å². The Morgan fingerprint density at radius 2 is 2.14 bits per heavy atom. The van der Waals surface area contributed by atoms with Crippen LogP contribution in [0.4, 0.5) is 5.69 Å². The summed E-state index contributed by atoms with van der Waals surface area (Å²) in [5.74, 6) is 0.363. The van der Waals surface area contributed by atoms with Crippen LogP contribution >= 0.6 is 0 Å². The maximum absolute atomic E-state index is 12.5. The molecule has 0 saturated carbocycles. The van der Waals surface area contributed by atoms with Crippen LogP contribution in [0.5, 0.6) is 5.75 Å². The third-order valence-corrected chi connectivity index (χ3v) is 3.61. The maximum Gasteiger partial charge on any atom is 0.256 e. The number of hydrogen-bond acceptors (Lipinski definition) is 4. The van der Waals surface area contributed by atoms with Crippen LogP contribution in [0.1, 0.15) is 45.6 Å². The van der Waals surface area contributed by atoms with E-state index in [1.165, 1.54) is 7.11 Å². The highest BCUT2D eigenvalue weighted by molar-refractivity contribution is 5.98. The van der Waals surface area contributed by atoms with Crippen molar-refractivity contribution in [2.45, 2.75) is 45.6 Å². The summed E-state index contributed by atoms with van der Waals surface area (Å²) in [4.78, 5) is 12.5. The zero-order chi connectivity index (χ0) is 16.6. The molecule has 1 N–H and O–H groups in total. The lowest BCUT2D eigenvalue weighted by Gasteiger charge is -2.27. The van der Waals surface area contributed by atoms with Crippen molar-refractivity contribution in [1.29, 1.82) is 5.26 Å². The first-order valence-corrected chi connectivity index (χ1v) is 7.54. The van der Waals surface area contributed by atoms with E-state index in [4.69, 9.17) is 9.47 Å². The molecule has 0 radical (unpaired) electrons. The van der Waals surface area contributed by atoms with Crippen molar-refractivity contribution in [3.63, 3.8) is 0 Å². The van der Waals surface area contributed by atoms with Crippen LogP contribution in [0.3, 0.4) is 0 Å². The molecular weight excluding hydrogens is 280 g/mol. The summed E-state index contributed by atoms with van der Waals surface area (Å²) in [6, 6.07) is 7.11. The first kappa shape index (κ1) is 18.0. The average molecular weight is 304 g/mol. The molecular formula is C17H24N2O3. The SMILES string of the molecule is CCCC[C@@](C)(OC)C(=O)Nc1ccc(OCC)cc1C#N. The van der Waals surface area contributed by atoms with E-state index in [-0.39, 0.29) is 5.91 Å². The fourth-order valence-electron chi connectivity index (χ4n) is 2.06. The van der Waals surface area contributed by atoms with E-state index in [1.807, 2.05) is 6.92 Å². The minimum absolute atomic E-state index is 0.246. The number of benzene rings is 1. The number of unbranched alkanes of at least 4 members (excludes halogenated alkanes) is 1. The molecule has 1 atom stereocenters. The molecule has 0 aliphatic carbocycles. The molecule has 1 rings (SSSR count). The summed E-state index contributed by atoms with van der Waals surface area (Å²) in [5, 5.41) is 12.0. The number of carbonyl (C=O) groups excluding carboxylic acids is 1. The van der Waals surface area contributed by atoms with E-state index < -0.39 is 5.60 Å². The molecule has 0 aromatic heterocycles. The lowest BCUT2D eigenvalue weighted by atomic mass is 9.97. The normalized spacial score (nSPS) is 13.0. The maximum atomic E-state index is 12.5. The van der Waals surface area contributed by atoms with E-state index in [9.17, 15) is 10.1 Å². The predicted octanol–water partition coefficient (Wildman–Crippen LogP) is 3.49. The van der Waals surface area contributed by atoms with Gasteiger partial charge in [0.1, 0.15) is 17.4 Å². The Balaban J connectivity index is 2.93. The van der Waals surface area contributed by atoms with Gasteiger partial charge in [0.05, 0.1) is 17.9 Å². The number of methoxy groups -OCH3 is 1. The van der Waals surface area contributed by atoms with Crippen LogP contribution < -0.4 is 10.1 Å². The number of anilines is 1. The fourth-order valence-corrected chi connectivity index (χ4v) is 2.06. The van der Waals surface area contributed by atoms with Crippen molar-refractivity contribution in [2.24, 2.45) is 0 Å². The minimum Gasteiger partial charge on any atom is -0.494 e. The second-order valence-electron chi connectivity index (χ2n) is 5.24. The largest absolute Gasteiger partial charge is 0.494 e. The topological polar surface area (TPSA) is 71.3 Å². The number of ether oxygens (including phenoxy) is 2. The predicted molar refractivity (Wildman–Crippen MR) is 85.9 cm³/mol. The van der Waals surface area contributed by atoms with Gasteiger partial charge in [-0.15, -0.1) is 0 Å². The number of rotatable bonds is 8. The van der Waals surface area contributed by atoms with Gasteiger partial charge in [0.15, 0.2) is 0 Å². The number of hydrogen-bond donors (Lipinski definition) is 1. The van der Waals surface area contributed by atoms with Gasteiger partial charge < -0.3 is 14.8 Å². The molecule has 0 bridgehead atoms. The van der Waals surface area contributed by atoms with Gasteiger partial charge in [0.25, 0.3) is 5.91 Å². The van der Waals surface area contributed by atoms with Gasteiger partial charge in [0, 0.05) is 7.11 Å². The summed E-state index contributed by atoms with van der Waals surface area (Å²) in [5.41, 5.74) is -0.0645. The van der Waals surface area contributed by atoms with Gasteiger partial charge in [-0.3, -0.25) is 4.79 Å². The van der Waals surface area contributed by atoms with Crippen molar-refractivity contribution in [3.8, 4) is 11.8 Å². The number of amides is 1. The zero-order valence-corrected chi connectivity index (χ0v) is 13.7. The zero-order valence-electron chi connectivity index (χ0n) is 13.7. The molecule has 0 heterocycles. The number of nitriles is 1. The summed E-state index contributed by atoms with van der Waals surface area (Å²) in [6.07, 6.45) is 2.51. The standard InChI is InChI=1S/C17H24N2O3/c1-5-7-10-17(3,21-4)16(20)19-15-9-8-14(22-6-2)11-13(15)12-18/h8-9,11H,5-7,10H2,1-4H3,(H,19,20)/t17-/m1/s1. The number of nitrogens with zero attached hydrogens (tertiary/aromatic N) is 1. The quantitative estimate of drug-likeness (QED) is 0.798. The Kier molecular flexibility index (Phi) is 6.87. The summed E-state index contributed by atoms with van der Waals surface area (Å²) in [6.45, 7) is 6.22. The molecule has 0 saturated heterocycles. The molecule has 0 unspecified atom stereocenters. The molecule has 0 fully saturated rings. The van der Waals surface area contributed by atoms with E-state index in [0.29, 0.717) is 30.0 Å². The van der Waals surface area contributed by atoms with Crippen LogP contribution in [0.25, 0.3) is 0 Å². The third kappa shape index (κ3) is 4.47. The van der Waals surface area contributed by atoms with Gasteiger partial charge in [-0.1, -0.05) is 19.8 Å². The Hall–Kier alpha value is -2.06. The molecule has 0 aliphatic heterocycles. The van der Waals surface area contributed by atoms with Crippen LogP contribution in [0.2, 0.25) is 0 Å². The highest BCUT2D eigenvalue weighted by Crippen LogP contribution is 2.25. The average Bonchev–Trinajstić information content (AvgIpc) is 2.54. The summed E-state index contributed by atoms with van der Waals surface area (Å²) in [7, 11) is 1.53. The minimum atomic E-state index is -0.901. The van der Waals surface area contributed by atoms with Gasteiger partial charge in [-0.25, -0.2) is 0 Å². The van der Waals surface area contributed by atoms with E-state index in [0.717, 1.165) is 12.8 Å². The second kappa shape index (κ2) is 8.40. The third-order valence-electron chi connectivity index (χ3n) is 3.61. The first-order valence-electron chi connectivity index (χ1n) is 7.54. The molecule has 1 aromatic carbocycles. The summed E-state index contributed by atoms with van der Waals surface area (Å²) >= 11 is 0. The lowest BCUT2D eigenvalue weighted by Crippen LogP contribution is -2.42. The number of carbonyl (C=O) groups is 1. The van der Waals surface area contributed by atoms with Crippen molar-refractivity contribution >= 4 is 11.6 Å². The molecule has 1 aromatic rings. The van der Waals surface area contributed by atoms with E-state index in [1.54, 1.807) is 25.1 Å². The molecule has 1 amide bonds. The van der Waals surface area contributed by atoms with E-state index in [2.05, 4.69) is 18.3 Å². The smallest absolute Gasteiger partial charge is 0.256 e. The van der Waals surface area contributed by atoms with Crippen LogP contribution in [-0.4, -0.2) is 25.2 Å². The van der Waals surface area contributed by atoms with Crippen molar-refractivity contribution in [2.75, 3.05) is 19.0 Å². The van der Waals surface area contributed by atoms with Gasteiger partial charge >= 0.3 is 0 Å². The monoisotopic (exact) mass is 304 g/mol. The van der Waals surface area contributed by atoms with Crippen LogP contribution in [-0.2, 0) is 9.53 Å². The summed E-state index contributed by atoms with van der Waals surface area (Å²) < 4.78 is 10.8.